The molecule has 2 amide bonds. The van der Waals surface area contributed by atoms with Crippen LogP contribution in [0, 0.1) is 5.92 Å². The molecule has 3 rings (SSSR count). The van der Waals surface area contributed by atoms with Crippen molar-refractivity contribution in [3.05, 3.63) is 54.5 Å². The van der Waals surface area contributed by atoms with Crippen LogP contribution in [0.5, 0.6) is 0 Å². The molecule has 2 heterocycles. The Kier molecular flexibility index (Phi) is 5.38. The molecule has 1 aromatic heterocycles. The number of anilines is 1. The molecular formula is C19H23N3O3. The van der Waals surface area contributed by atoms with E-state index in [0.29, 0.717) is 19.6 Å². The van der Waals surface area contributed by atoms with Crippen LogP contribution in [0.15, 0.2) is 53.1 Å². The lowest BCUT2D eigenvalue weighted by molar-refractivity contribution is -0.133. The molecule has 1 aliphatic rings. The first kappa shape index (κ1) is 17.1. The number of nitrogens with zero attached hydrogens (tertiary/aromatic N) is 2. The Bertz CT molecular complexity index is 700. The first-order chi connectivity index (χ1) is 12.1. The van der Waals surface area contributed by atoms with Crippen LogP contribution in [-0.2, 0) is 16.1 Å². The number of amides is 2. The van der Waals surface area contributed by atoms with Crippen LogP contribution in [0.2, 0.25) is 0 Å². The van der Waals surface area contributed by atoms with Crippen molar-refractivity contribution in [2.45, 2.75) is 19.4 Å². The van der Waals surface area contributed by atoms with Gasteiger partial charge in [-0.1, -0.05) is 18.2 Å². The molecule has 1 atom stereocenters. The SMILES string of the molecule is NC(=O)[C@@H]1CCCN(C(=O)CN(Cc2ccco2)c2ccccc2)C1. The molecular weight excluding hydrogens is 318 g/mol. The quantitative estimate of drug-likeness (QED) is 0.872. The fraction of sp³-hybridized carbons (Fsp3) is 0.368. The van der Waals surface area contributed by atoms with Gasteiger partial charge in [-0.15, -0.1) is 0 Å². The summed E-state index contributed by atoms with van der Waals surface area (Å²) in [5.74, 6) is 0.229. The molecule has 0 bridgehead atoms. The average Bonchev–Trinajstić information content (AvgIpc) is 3.15. The Hall–Kier alpha value is -2.76. The second-order valence-electron chi connectivity index (χ2n) is 6.35. The van der Waals surface area contributed by atoms with E-state index in [9.17, 15) is 9.59 Å². The van der Waals surface area contributed by atoms with Gasteiger partial charge < -0.3 is 20.0 Å². The third kappa shape index (κ3) is 4.41. The van der Waals surface area contributed by atoms with Crippen LogP contribution in [0.1, 0.15) is 18.6 Å². The molecule has 1 aromatic carbocycles. The Balaban J connectivity index is 1.71. The smallest absolute Gasteiger partial charge is 0.242 e. The zero-order valence-electron chi connectivity index (χ0n) is 14.1. The molecule has 25 heavy (non-hydrogen) atoms. The third-order valence-electron chi connectivity index (χ3n) is 4.55. The molecule has 0 aliphatic carbocycles. The van der Waals surface area contributed by atoms with Crippen molar-refractivity contribution < 1.29 is 14.0 Å². The Morgan fingerprint density at radius 3 is 2.68 bits per heavy atom. The zero-order chi connectivity index (χ0) is 17.6. The maximum atomic E-state index is 12.8. The van der Waals surface area contributed by atoms with Gasteiger partial charge in [0, 0.05) is 18.8 Å². The fourth-order valence-corrected chi connectivity index (χ4v) is 3.17. The highest BCUT2D eigenvalue weighted by molar-refractivity contribution is 5.83. The number of benzene rings is 1. The molecule has 1 aliphatic heterocycles. The van der Waals surface area contributed by atoms with Gasteiger partial charge in [0.1, 0.15) is 5.76 Å². The minimum absolute atomic E-state index is 0.00126. The van der Waals surface area contributed by atoms with Crippen LogP contribution in [0.3, 0.4) is 0 Å². The topological polar surface area (TPSA) is 79.8 Å². The maximum absolute atomic E-state index is 12.8. The van der Waals surface area contributed by atoms with Gasteiger partial charge in [-0.25, -0.2) is 0 Å². The van der Waals surface area contributed by atoms with Gasteiger partial charge in [-0.2, -0.15) is 0 Å². The van der Waals surface area contributed by atoms with E-state index in [1.807, 2.05) is 47.4 Å². The number of piperidine rings is 1. The first-order valence-electron chi connectivity index (χ1n) is 8.53. The number of primary amides is 1. The predicted octanol–water partition coefficient (Wildman–Crippen LogP) is 2.01. The normalized spacial score (nSPS) is 17.3. The van der Waals surface area contributed by atoms with Crippen molar-refractivity contribution in [2.75, 3.05) is 24.5 Å². The summed E-state index contributed by atoms with van der Waals surface area (Å²) >= 11 is 0. The summed E-state index contributed by atoms with van der Waals surface area (Å²) in [4.78, 5) is 27.9. The number of carbonyl (C=O) groups is 2. The highest BCUT2D eigenvalue weighted by Gasteiger charge is 2.28. The van der Waals surface area contributed by atoms with E-state index in [-0.39, 0.29) is 24.3 Å². The Morgan fingerprint density at radius 1 is 1.20 bits per heavy atom. The van der Waals surface area contributed by atoms with Crippen LogP contribution in [-0.4, -0.2) is 36.3 Å². The summed E-state index contributed by atoms with van der Waals surface area (Å²) in [5, 5.41) is 0. The number of hydrogen-bond acceptors (Lipinski definition) is 4. The van der Waals surface area contributed by atoms with E-state index >= 15 is 0 Å². The molecule has 132 valence electrons. The second kappa shape index (κ2) is 7.88. The van der Waals surface area contributed by atoms with E-state index in [4.69, 9.17) is 10.2 Å². The van der Waals surface area contributed by atoms with E-state index in [1.165, 1.54) is 0 Å². The van der Waals surface area contributed by atoms with Crippen molar-refractivity contribution >= 4 is 17.5 Å². The number of para-hydroxylation sites is 1. The maximum Gasteiger partial charge on any atom is 0.242 e. The van der Waals surface area contributed by atoms with E-state index in [0.717, 1.165) is 24.3 Å². The summed E-state index contributed by atoms with van der Waals surface area (Å²) in [7, 11) is 0. The van der Waals surface area contributed by atoms with Crippen LogP contribution in [0.25, 0.3) is 0 Å². The number of nitrogens with two attached hydrogens (primary N) is 1. The largest absolute Gasteiger partial charge is 0.467 e. The van der Waals surface area contributed by atoms with Gasteiger partial charge in [0.15, 0.2) is 0 Å². The molecule has 0 radical (unpaired) electrons. The van der Waals surface area contributed by atoms with Crippen molar-refractivity contribution in [1.29, 1.82) is 0 Å². The summed E-state index contributed by atoms with van der Waals surface area (Å²) in [6, 6.07) is 13.5. The third-order valence-corrected chi connectivity index (χ3v) is 4.55. The minimum Gasteiger partial charge on any atom is -0.467 e. The van der Waals surface area contributed by atoms with Crippen molar-refractivity contribution in [3.8, 4) is 0 Å². The van der Waals surface area contributed by atoms with Crippen molar-refractivity contribution in [3.63, 3.8) is 0 Å². The monoisotopic (exact) mass is 341 g/mol. The van der Waals surface area contributed by atoms with Gasteiger partial charge in [0.05, 0.1) is 25.3 Å². The highest BCUT2D eigenvalue weighted by Crippen LogP contribution is 2.20. The fourth-order valence-electron chi connectivity index (χ4n) is 3.17. The van der Waals surface area contributed by atoms with Gasteiger partial charge in [0.25, 0.3) is 0 Å². The summed E-state index contributed by atoms with van der Waals surface area (Å²) in [5.41, 5.74) is 6.37. The number of carbonyl (C=O) groups excluding carboxylic acids is 2. The van der Waals surface area contributed by atoms with Gasteiger partial charge in [0.2, 0.25) is 11.8 Å². The lowest BCUT2D eigenvalue weighted by atomic mass is 9.97. The van der Waals surface area contributed by atoms with Crippen LogP contribution in [0.4, 0.5) is 5.69 Å². The highest BCUT2D eigenvalue weighted by atomic mass is 16.3. The number of likely N-dealkylation sites (tertiary alicyclic amines) is 1. The molecule has 6 nitrogen and oxygen atoms in total. The second-order valence-corrected chi connectivity index (χ2v) is 6.35. The van der Waals surface area contributed by atoms with E-state index < -0.39 is 0 Å². The molecule has 1 saturated heterocycles. The van der Waals surface area contributed by atoms with Gasteiger partial charge in [-0.3, -0.25) is 9.59 Å². The molecule has 2 N–H and O–H groups in total. The Morgan fingerprint density at radius 2 is 2.00 bits per heavy atom. The van der Waals surface area contributed by atoms with E-state index in [2.05, 4.69) is 0 Å². The standard InChI is InChI=1S/C19H23N3O3/c20-19(24)15-6-4-10-21(12-15)18(23)14-22(13-17-9-5-11-25-17)16-7-2-1-3-8-16/h1-3,5,7-9,11,15H,4,6,10,12-14H2,(H2,20,24)/t15-/m1/s1. The predicted molar refractivity (Wildman–Crippen MR) is 94.7 cm³/mol. The summed E-state index contributed by atoms with van der Waals surface area (Å²) in [6.07, 6.45) is 3.19. The van der Waals surface area contributed by atoms with Crippen molar-refractivity contribution in [2.24, 2.45) is 11.7 Å². The minimum atomic E-state index is -0.326. The van der Waals surface area contributed by atoms with E-state index in [1.54, 1.807) is 11.2 Å². The Labute approximate surface area is 147 Å². The zero-order valence-corrected chi connectivity index (χ0v) is 14.1. The number of hydrogen-bond donors (Lipinski definition) is 1. The molecule has 0 spiro atoms. The lowest BCUT2D eigenvalue weighted by Crippen LogP contribution is -2.47. The average molecular weight is 341 g/mol. The van der Waals surface area contributed by atoms with Crippen LogP contribution < -0.4 is 10.6 Å². The molecule has 0 saturated carbocycles. The molecule has 1 fully saturated rings. The van der Waals surface area contributed by atoms with Gasteiger partial charge >= 0.3 is 0 Å². The van der Waals surface area contributed by atoms with Crippen molar-refractivity contribution in [1.82, 2.24) is 4.90 Å². The summed E-state index contributed by atoms with van der Waals surface area (Å²) in [6.45, 7) is 1.83. The number of rotatable bonds is 6. The lowest BCUT2D eigenvalue weighted by Gasteiger charge is -2.33. The first-order valence-corrected chi connectivity index (χ1v) is 8.53. The molecule has 6 heteroatoms. The summed E-state index contributed by atoms with van der Waals surface area (Å²) < 4.78 is 5.43. The number of furan rings is 1. The van der Waals surface area contributed by atoms with Gasteiger partial charge in [-0.05, 0) is 37.1 Å². The van der Waals surface area contributed by atoms with Crippen LogP contribution >= 0.6 is 0 Å². The molecule has 2 aromatic rings. The molecule has 0 unspecified atom stereocenters.